The third-order valence-electron chi connectivity index (χ3n) is 6.21. The molecule has 1 fully saturated rings. The van der Waals surface area contributed by atoms with Crippen LogP contribution in [0.5, 0.6) is 0 Å². The van der Waals surface area contributed by atoms with Gasteiger partial charge in [-0.05, 0) is 56.0 Å². The number of thiophene rings is 1. The van der Waals surface area contributed by atoms with Gasteiger partial charge >= 0.3 is 0 Å². The number of piperidine rings is 1. The zero-order valence-electron chi connectivity index (χ0n) is 18.3. The molecule has 0 bridgehead atoms. The lowest BCUT2D eigenvalue weighted by molar-refractivity contribution is -0.120. The van der Waals surface area contributed by atoms with E-state index in [1.165, 1.54) is 10.4 Å². The van der Waals surface area contributed by atoms with E-state index in [4.69, 9.17) is 0 Å². The van der Waals surface area contributed by atoms with Gasteiger partial charge in [0.15, 0.2) is 0 Å². The van der Waals surface area contributed by atoms with E-state index < -0.39 is 0 Å². The van der Waals surface area contributed by atoms with Gasteiger partial charge in [-0.25, -0.2) is 9.97 Å². The molecular formula is C24H26N6OS. The van der Waals surface area contributed by atoms with Crippen molar-refractivity contribution in [3.05, 3.63) is 65.1 Å². The summed E-state index contributed by atoms with van der Waals surface area (Å²) in [6.07, 6.45) is 6.98. The van der Waals surface area contributed by atoms with Gasteiger partial charge in [-0.3, -0.25) is 9.48 Å². The van der Waals surface area contributed by atoms with Crippen LogP contribution in [0.2, 0.25) is 0 Å². The monoisotopic (exact) mass is 446 g/mol. The van der Waals surface area contributed by atoms with Crippen molar-refractivity contribution in [1.82, 2.24) is 19.7 Å². The van der Waals surface area contributed by atoms with Gasteiger partial charge in [-0.2, -0.15) is 5.10 Å². The minimum Gasteiger partial charge on any atom is -0.356 e. The molecule has 3 aromatic heterocycles. The normalized spacial score (nSPS) is 14.8. The van der Waals surface area contributed by atoms with Crippen LogP contribution in [0, 0.1) is 19.8 Å². The van der Waals surface area contributed by atoms with Gasteiger partial charge in [0.25, 0.3) is 0 Å². The van der Waals surface area contributed by atoms with Gasteiger partial charge < -0.3 is 10.2 Å². The maximum absolute atomic E-state index is 12.9. The van der Waals surface area contributed by atoms with Gasteiger partial charge in [0, 0.05) is 42.0 Å². The van der Waals surface area contributed by atoms with Gasteiger partial charge in [0.1, 0.15) is 17.0 Å². The Hall–Kier alpha value is -3.26. The molecule has 1 N–H and O–H groups in total. The van der Waals surface area contributed by atoms with Crippen LogP contribution in [-0.4, -0.2) is 38.7 Å². The minimum atomic E-state index is 0.00339. The summed E-state index contributed by atoms with van der Waals surface area (Å²) in [7, 11) is 0. The summed E-state index contributed by atoms with van der Waals surface area (Å²) in [5, 5.41) is 8.53. The van der Waals surface area contributed by atoms with Crippen molar-refractivity contribution in [3.8, 4) is 0 Å². The van der Waals surface area contributed by atoms with Crippen LogP contribution in [0.25, 0.3) is 10.2 Å². The van der Waals surface area contributed by atoms with Crippen molar-refractivity contribution >= 4 is 39.0 Å². The molecule has 164 valence electrons. The Balaban J connectivity index is 1.23. The molecule has 1 saturated heterocycles. The van der Waals surface area contributed by atoms with Gasteiger partial charge in [0.05, 0.1) is 11.9 Å². The number of aryl methyl sites for hydroxylation is 2. The predicted octanol–water partition coefficient (Wildman–Crippen LogP) is 4.41. The van der Waals surface area contributed by atoms with Crippen molar-refractivity contribution in [3.63, 3.8) is 0 Å². The quantitative estimate of drug-likeness (QED) is 0.492. The third-order valence-corrected chi connectivity index (χ3v) is 7.32. The maximum Gasteiger partial charge on any atom is 0.227 e. The Morgan fingerprint density at radius 1 is 1.19 bits per heavy atom. The second-order valence-corrected chi connectivity index (χ2v) is 9.52. The lowest BCUT2D eigenvalue weighted by Gasteiger charge is -2.32. The number of aromatic nitrogens is 4. The second-order valence-electron chi connectivity index (χ2n) is 8.32. The van der Waals surface area contributed by atoms with E-state index in [0.717, 1.165) is 53.2 Å². The zero-order valence-corrected chi connectivity index (χ0v) is 19.1. The molecular weight excluding hydrogens is 420 g/mol. The first-order valence-electron chi connectivity index (χ1n) is 10.9. The Bertz CT molecular complexity index is 1240. The van der Waals surface area contributed by atoms with E-state index in [0.29, 0.717) is 6.54 Å². The fourth-order valence-corrected chi connectivity index (χ4v) is 5.32. The Morgan fingerprint density at radius 2 is 2.03 bits per heavy atom. The molecule has 0 unspecified atom stereocenters. The van der Waals surface area contributed by atoms with Crippen molar-refractivity contribution in [2.75, 3.05) is 23.3 Å². The lowest BCUT2D eigenvalue weighted by atomic mass is 9.95. The third kappa shape index (κ3) is 4.10. The van der Waals surface area contributed by atoms with E-state index in [9.17, 15) is 4.79 Å². The van der Waals surface area contributed by atoms with Crippen LogP contribution in [0.15, 0.2) is 49.1 Å². The first-order valence-corrected chi connectivity index (χ1v) is 11.7. The molecule has 5 rings (SSSR count). The van der Waals surface area contributed by atoms with E-state index in [1.807, 2.05) is 41.2 Å². The summed E-state index contributed by atoms with van der Waals surface area (Å²) in [5.74, 6) is 1.10. The van der Waals surface area contributed by atoms with Crippen molar-refractivity contribution in [2.45, 2.75) is 33.2 Å². The number of hydrogen-bond acceptors (Lipinski definition) is 6. The minimum absolute atomic E-state index is 0.00339. The lowest BCUT2D eigenvalue weighted by Crippen LogP contribution is -2.38. The number of fused-ring (bicyclic) bond motifs is 1. The highest BCUT2D eigenvalue weighted by molar-refractivity contribution is 7.18. The van der Waals surface area contributed by atoms with Gasteiger partial charge in [-0.15, -0.1) is 11.3 Å². The van der Waals surface area contributed by atoms with Crippen LogP contribution >= 0.6 is 11.3 Å². The molecule has 0 saturated carbocycles. The number of hydrogen-bond donors (Lipinski definition) is 1. The molecule has 0 spiro atoms. The zero-order chi connectivity index (χ0) is 22.1. The van der Waals surface area contributed by atoms with E-state index in [-0.39, 0.29) is 11.8 Å². The van der Waals surface area contributed by atoms with Crippen molar-refractivity contribution in [1.29, 1.82) is 0 Å². The molecule has 4 aromatic rings. The number of carbonyl (C=O) groups excluding carboxylic acids is 1. The molecule has 1 aromatic carbocycles. The number of carbonyl (C=O) groups is 1. The molecule has 1 amide bonds. The highest BCUT2D eigenvalue weighted by Crippen LogP contribution is 2.35. The smallest absolute Gasteiger partial charge is 0.227 e. The standard InChI is InChI=1S/C24H26N6OS/c1-16-17(2)32-24-21(16)22(25-15-26-24)29-11-7-19(8-12-29)23(31)28-20-6-3-5-18(13-20)14-30-10-4-9-27-30/h3-6,9-10,13,15,19H,7-8,11-12,14H2,1-2H3,(H,28,31). The first-order chi connectivity index (χ1) is 15.6. The van der Waals surface area contributed by atoms with Crippen LogP contribution in [0.1, 0.15) is 28.8 Å². The summed E-state index contributed by atoms with van der Waals surface area (Å²) in [6, 6.07) is 9.90. The fourth-order valence-electron chi connectivity index (χ4n) is 4.33. The number of nitrogens with one attached hydrogen (secondary N) is 1. The molecule has 32 heavy (non-hydrogen) atoms. The molecule has 1 aliphatic rings. The van der Waals surface area contributed by atoms with Crippen LogP contribution in [-0.2, 0) is 11.3 Å². The van der Waals surface area contributed by atoms with Crippen LogP contribution in [0.3, 0.4) is 0 Å². The van der Waals surface area contributed by atoms with Crippen molar-refractivity contribution < 1.29 is 4.79 Å². The Labute approximate surface area is 191 Å². The van der Waals surface area contributed by atoms with Crippen molar-refractivity contribution in [2.24, 2.45) is 5.92 Å². The summed E-state index contributed by atoms with van der Waals surface area (Å²) in [4.78, 5) is 26.6. The highest BCUT2D eigenvalue weighted by Gasteiger charge is 2.27. The number of nitrogens with zero attached hydrogens (tertiary/aromatic N) is 5. The number of rotatable bonds is 5. The predicted molar refractivity (Wildman–Crippen MR) is 128 cm³/mol. The Kier molecular flexibility index (Phi) is 5.61. The number of benzene rings is 1. The van der Waals surface area contributed by atoms with E-state index >= 15 is 0 Å². The van der Waals surface area contributed by atoms with Gasteiger partial charge in [0.2, 0.25) is 5.91 Å². The summed E-state index contributed by atoms with van der Waals surface area (Å²) in [6.45, 7) is 6.59. The summed E-state index contributed by atoms with van der Waals surface area (Å²) < 4.78 is 1.87. The average molecular weight is 447 g/mol. The molecule has 8 heteroatoms. The fraction of sp³-hybridized carbons (Fsp3) is 0.333. The molecule has 0 radical (unpaired) electrons. The topological polar surface area (TPSA) is 75.9 Å². The number of amides is 1. The number of anilines is 2. The van der Waals surface area contributed by atoms with E-state index in [1.54, 1.807) is 23.9 Å². The summed E-state index contributed by atoms with van der Waals surface area (Å²) in [5.41, 5.74) is 3.20. The summed E-state index contributed by atoms with van der Waals surface area (Å²) >= 11 is 1.72. The van der Waals surface area contributed by atoms with Crippen LogP contribution < -0.4 is 10.2 Å². The highest BCUT2D eigenvalue weighted by atomic mass is 32.1. The van der Waals surface area contributed by atoms with E-state index in [2.05, 4.69) is 39.1 Å². The average Bonchev–Trinajstić information content (AvgIpc) is 3.42. The molecule has 1 aliphatic heterocycles. The maximum atomic E-state index is 12.9. The SMILES string of the molecule is Cc1sc2ncnc(N3CCC(C(=O)Nc4cccc(Cn5cccn5)c4)CC3)c2c1C. The van der Waals surface area contributed by atoms with Crippen LogP contribution in [0.4, 0.5) is 11.5 Å². The molecule has 7 nitrogen and oxygen atoms in total. The molecule has 0 atom stereocenters. The Morgan fingerprint density at radius 3 is 2.81 bits per heavy atom. The van der Waals surface area contributed by atoms with Gasteiger partial charge in [-0.1, -0.05) is 12.1 Å². The second kappa shape index (κ2) is 8.70. The molecule has 4 heterocycles. The largest absolute Gasteiger partial charge is 0.356 e. The molecule has 0 aliphatic carbocycles. The first kappa shape index (κ1) is 20.6.